The number of ether oxygens (including phenoxy) is 1. The molecule has 0 radical (unpaired) electrons. The van der Waals surface area contributed by atoms with Gasteiger partial charge in [-0.3, -0.25) is 4.98 Å². The Hall–Kier alpha value is -1.59. The summed E-state index contributed by atoms with van der Waals surface area (Å²) in [5, 5.41) is 0.609. The van der Waals surface area contributed by atoms with E-state index in [2.05, 4.69) is 15.0 Å². The highest BCUT2D eigenvalue weighted by Crippen LogP contribution is 2.30. The molecule has 5 nitrogen and oxygen atoms in total. The number of hydrogen-bond donors (Lipinski definition) is 1. The first kappa shape index (κ1) is 10.9. The van der Waals surface area contributed by atoms with E-state index in [-0.39, 0.29) is 16.7 Å². The van der Waals surface area contributed by atoms with Crippen LogP contribution in [0.3, 0.4) is 0 Å². The first-order valence-electron chi connectivity index (χ1n) is 4.21. The zero-order chi connectivity index (χ0) is 11.5. The maximum Gasteiger partial charge on any atom is 0.243 e. The third kappa shape index (κ3) is 2.32. The summed E-state index contributed by atoms with van der Waals surface area (Å²) >= 11 is 11.6. The average molecular weight is 257 g/mol. The molecule has 82 valence electrons. The minimum atomic E-state index is 0.154. The van der Waals surface area contributed by atoms with Crippen molar-refractivity contribution < 1.29 is 4.74 Å². The van der Waals surface area contributed by atoms with Gasteiger partial charge in [-0.25, -0.2) is 4.98 Å². The molecule has 0 bridgehead atoms. The SMILES string of the molecule is Nc1ncnc(Oc2cncc(Cl)c2)c1Cl. The van der Waals surface area contributed by atoms with Crippen molar-refractivity contribution >= 4 is 29.0 Å². The summed E-state index contributed by atoms with van der Waals surface area (Å²) in [5.41, 5.74) is 5.50. The summed E-state index contributed by atoms with van der Waals surface area (Å²) in [4.78, 5) is 11.4. The molecular formula is C9H6Cl2N4O. The molecule has 0 aliphatic carbocycles. The largest absolute Gasteiger partial charge is 0.436 e. The third-order valence-electron chi connectivity index (χ3n) is 1.68. The first-order chi connectivity index (χ1) is 7.66. The highest BCUT2D eigenvalue weighted by Gasteiger charge is 2.09. The van der Waals surface area contributed by atoms with Crippen LogP contribution in [0.5, 0.6) is 11.6 Å². The maximum atomic E-state index is 5.85. The molecule has 7 heteroatoms. The standard InChI is InChI=1S/C9H6Cl2N4O/c10-5-1-6(3-13-2-5)16-9-7(11)8(12)14-4-15-9/h1-4H,(H2,12,14,15). The number of nitrogen functional groups attached to an aromatic ring is 1. The Bertz CT molecular complexity index is 521. The molecule has 0 aliphatic rings. The Morgan fingerprint density at radius 2 is 2.00 bits per heavy atom. The third-order valence-corrected chi connectivity index (χ3v) is 2.24. The molecule has 0 spiro atoms. The van der Waals surface area contributed by atoms with Crippen molar-refractivity contribution in [2.45, 2.75) is 0 Å². The number of hydrogen-bond acceptors (Lipinski definition) is 5. The molecule has 2 aromatic rings. The van der Waals surface area contributed by atoms with Crippen LogP contribution >= 0.6 is 23.2 Å². The Labute approximate surface area is 101 Å². The van der Waals surface area contributed by atoms with Crippen LogP contribution in [0, 0.1) is 0 Å². The second-order valence-corrected chi connectivity index (χ2v) is 3.63. The summed E-state index contributed by atoms with van der Waals surface area (Å²) in [6.45, 7) is 0. The monoisotopic (exact) mass is 256 g/mol. The van der Waals surface area contributed by atoms with E-state index < -0.39 is 0 Å². The lowest BCUT2D eigenvalue weighted by atomic mass is 10.4. The summed E-state index contributed by atoms with van der Waals surface area (Å²) in [6, 6.07) is 1.59. The highest BCUT2D eigenvalue weighted by molar-refractivity contribution is 6.34. The Kier molecular flexibility index (Phi) is 3.07. The molecule has 0 aromatic carbocycles. The number of pyridine rings is 1. The molecule has 0 saturated heterocycles. The van der Waals surface area contributed by atoms with Gasteiger partial charge in [-0.05, 0) is 0 Å². The topological polar surface area (TPSA) is 73.9 Å². The molecule has 2 aromatic heterocycles. The fourth-order valence-corrected chi connectivity index (χ4v) is 1.30. The molecule has 16 heavy (non-hydrogen) atoms. The molecule has 0 unspecified atom stereocenters. The first-order valence-corrected chi connectivity index (χ1v) is 4.97. The van der Waals surface area contributed by atoms with Gasteiger partial charge in [-0.15, -0.1) is 0 Å². The van der Waals surface area contributed by atoms with Crippen molar-refractivity contribution in [2.24, 2.45) is 0 Å². The van der Waals surface area contributed by atoms with Gasteiger partial charge in [0.25, 0.3) is 0 Å². The van der Waals surface area contributed by atoms with E-state index in [0.29, 0.717) is 10.8 Å². The van der Waals surface area contributed by atoms with Crippen molar-refractivity contribution in [1.29, 1.82) is 0 Å². The number of nitrogens with two attached hydrogens (primary N) is 1. The zero-order valence-electron chi connectivity index (χ0n) is 7.89. The number of halogens is 2. The molecule has 0 amide bonds. The van der Waals surface area contributed by atoms with Crippen LogP contribution in [-0.4, -0.2) is 15.0 Å². The Balaban J connectivity index is 2.31. The van der Waals surface area contributed by atoms with E-state index in [1.54, 1.807) is 6.07 Å². The molecule has 0 aliphatic heterocycles. The van der Waals surface area contributed by atoms with Gasteiger partial charge >= 0.3 is 0 Å². The summed E-state index contributed by atoms with van der Waals surface area (Å²) in [6.07, 6.45) is 4.24. The quantitative estimate of drug-likeness (QED) is 0.894. The van der Waals surface area contributed by atoms with Gasteiger partial charge in [-0.2, -0.15) is 4.98 Å². The lowest BCUT2D eigenvalue weighted by Crippen LogP contribution is -1.96. The van der Waals surface area contributed by atoms with Crippen molar-refractivity contribution in [3.63, 3.8) is 0 Å². The summed E-state index contributed by atoms with van der Waals surface area (Å²) in [5.74, 6) is 0.743. The van der Waals surface area contributed by atoms with E-state index in [9.17, 15) is 0 Å². The van der Waals surface area contributed by atoms with Crippen molar-refractivity contribution in [3.8, 4) is 11.6 Å². The molecule has 0 atom stereocenters. The predicted molar refractivity (Wildman–Crippen MR) is 60.8 cm³/mol. The fourth-order valence-electron chi connectivity index (χ4n) is 0.997. The second kappa shape index (κ2) is 4.51. The van der Waals surface area contributed by atoms with Crippen LogP contribution in [0.25, 0.3) is 0 Å². The summed E-state index contributed by atoms with van der Waals surface area (Å²) < 4.78 is 5.36. The molecule has 2 rings (SSSR count). The van der Waals surface area contributed by atoms with E-state index in [4.69, 9.17) is 33.7 Å². The molecule has 2 N–H and O–H groups in total. The van der Waals surface area contributed by atoms with E-state index in [0.717, 1.165) is 0 Å². The maximum absolute atomic E-state index is 5.85. The van der Waals surface area contributed by atoms with Gasteiger partial charge in [-0.1, -0.05) is 23.2 Å². The van der Waals surface area contributed by atoms with Crippen molar-refractivity contribution in [2.75, 3.05) is 5.73 Å². The van der Waals surface area contributed by atoms with Gasteiger partial charge in [0.15, 0.2) is 0 Å². The van der Waals surface area contributed by atoms with Crippen LogP contribution in [0.15, 0.2) is 24.8 Å². The van der Waals surface area contributed by atoms with Gasteiger partial charge in [0.2, 0.25) is 5.88 Å². The molecule has 0 saturated carbocycles. The van der Waals surface area contributed by atoms with Gasteiger partial charge < -0.3 is 10.5 Å². The number of anilines is 1. The highest BCUT2D eigenvalue weighted by atomic mass is 35.5. The Morgan fingerprint density at radius 3 is 2.75 bits per heavy atom. The van der Waals surface area contributed by atoms with E-state index >= 15 is 0 Å². The zero-order valence-corrected chi connectivity index (χ0v) is 9.40. The number of nitrogens with zero attached hydrogens (tertiary/aromatic N) is 3. The van der Waals surface area contributed by atoms with Crippen LogP contribution < -0.4 is 10.5 Å². The van der Waals surface area contributed by atoms with Crippen LogP contribution in [0.1, 0.15) is 0 Å². The number of aromatic nitrogens is 3. The molecular weight excluding hydrogens is 251 g/mol. The predicted octanol–water partition coefficient (Wildman–Crippen LogP) is 2.55. The summed E-state index contributed by atoms with van der Waals surface area (Å²) in [7, 11) is 0. The second-order valence-electron chi connectivity index (χ2n) is 2.82. The van der Waals surface area contributed by atoms with Crippen LogP contribution in [0.2, 0.25) is 10.0 Å². The normalized spacial score (nSPS) is 10.1. The van der Waals surface area contributed by atoms with Crippen molar-refractivity contribution in [1.82, 2.24) is 15.0 Å². The van der Waals surface area contributed by atoms with E-state index in [1.807, 2.05) is 0 Å². The van der Waals surface area contributed by atoms with Crippen LogP contribution in [-0.2, 0) is 0 Å². The minimum absolute atomic E-state index is 0.154. The smallest absolute Gasteiger partial charge is 0.243 e. The van der Waals surface area contributed by atoms with E-state index in [1.165, 1.54) is 18.7 Å². The molecule has 0 fully saturated rings. The lowest BCUT2D eigenvalue weighted by Gasteiger charge is -2.06. The van der Waals surface area contributed by atoms with Crippen molar-refractivity contribution in [3.05, 3.63) is 34.8 Å². The van der Waals surface area contributed by atoms with Gasteiger partial charge in [0.05, 0.1) is 11.2 Å². The molecule has 2 heterocycles. The fraction of sp³-hybridized carbons (Fsp3) is 0. The van der Waals surface area contributed by atoms with Crippen LogP contribution in [0.4, 0.5) is 5.82 Å². The number of rotatable bonds is 2. The van der Waals surface area contributed by atoms with Gasteiger partial charge in [0, 0.05) is 12.3 Å². The lowest BCUT2D eigenvalue weighted by molar-refractivity contribution is 0.460. The Morgan fingerprint density at radius 1 is 1.19 bits per heavy atom. The minimum Gasteiger partial charge on any atom is -0.436 e. The average Bonchev–Trinajstić information content (AvgIpc) is 2.25. The van der Waals surface area contributed by atoms with Gasteiger partial charge in [0.1, 0.15) is 22.9 Å².